The van der Waals surface area contributed by atoms with E-state index in [0.717, 1.165) is 6.42 Å². The van der Waals surface area contributed by atoms with Crippen LogP contribution in [0.1, 0.15) is 58.3 Å². The van der Waals surface area contributed by atoms with Crippen molar-refractivity contribution in [2.24, 2.45) is 0 Å². The number of allylic oxidation sites excluding steroid dienone is 3. The average molecular weight is 256 g/mol. The Kier molecular flexibility index (Phi) is 11.0. The van der Waals surface area contributed by atoms with E-state index >= 15 is 0 Å². The first-order valence-corrected chi connectivity index (χ1v) is 7.02. The normalized spacial score (nSPS) is 12.9. The Labute approximate surface area is 111 Å². The van der Waals surface area contributed by atoms with E-state index in [2.05, 4.69) is 6.92 Å². The van der Waals surface area contributed by atoms with Gasteiger partial charge in [0.05, 0.1) is 0 Å². The third kappa shape index (κ3) is 11.8. The molecule has 0 radical (unpaired) electrons. The zero-order valence-electron chi connectivity index (χ0n) is 11.5. The Balaban J connectivity index is 3.38. The molecule has 0 aliphatic rings. The molecule has 0 aliphatic heterocycles. The van der Waals surface area contributed by atoms with Crippen molar-refractivity contribution < 1.29 is 15.3 Å². The third-order valence-corrected chi connectivity index (χ3v) is 2.82. The second-order valence-electron chi connectivity index (χ2n) is 4.73. The second kappa shape index (κ2) is 11.5. The molecule has 0 fully saturated rings. The van der Waals surface area contributed by atoms with E-state index in [0.29, 0.717) is 0 Å². The predicted octanol–water partition coefficient (Wildman–Crippen LogP) is 2.91. The first-order valence-electron chi connectivity index (χ1n) is 7.02. The van der Waals surface area contributed by atoms with Crippen LogP contribution in [-0.2, 0) is 0 Å². The number of hydrogen-bond donors (Lipinski definition) is 3. The summed E-state index contributed by atoms with van der Waals surface area (Å²) in [6, 6.07) is 0. The van der Waals surface area contributed by atoms with Crippen LogP contribution in [0.15, 0.2) is 24.3 Å². The maximum Gasteiger partial charge on any atom is 0.207 e. The molecule has 0 aromatic heterocycles. The summed E-state index contributed by atoms with van der Waals surface area (Å²) in [6.07, 6.45) is 16.6. The van der Waals surface area contributed by atoms with Crippen LogP contribution in [0.2, 0.25) is 0 Å². The Morgan fingerprint density at radius 2 is 1.50 bits per heavy atom. The van der Waals surface area contributed by atoms with Crippen molar-refractivity contribution in [2.45, 2.75) is 64.1 Å². The fourth-order valence-corrected chi connectivity index (χ4v) is 1.66. The van der Waals surface area contributed by atoms with Crippen molar-refractivity contribution in [2.75, 3.05) is 6.61 Å². The summed E-state index contributed by atoms with van der Waals surface area (Å²) in [5, 5.41) is 26.7. The minimum absolute atomic E-state index is 0.685. The van der Waals surface area contributed by atoms with E-state index in [-0.39, 0.29) is 0 Å². The van der Waals surface area contributed by atoms with E-state index in [4.69, 9.17) is 15.3 Å². The average Bonchev–Trinajstić information content (AvgIpc) is 2.36. The van der Waals surface area contributed by atoms with Gasteiger partial charge in [0.2, 0.25) is 5.79 Å². The van der Waals surface area contributed by atoms with Gasteiger partial charge in [0.1, 0.15) is 6.61 Å². The highest BCUT2D eigenvalue weighted by atomic mass is 16.5. The molecule has 0 heterocycles. The molecule has 3 nitrogen and oxygen atoms in total. The lowest BCUT2D eigenvalue weighted by molar-refractivity contribution is -0.146. The molecule has 0 amide bonds. The van der Waals surface area contributed by atoms with Gasteiger partial charge in [0.15, 0.2) is 0 Å². The van der Waals surface area contributed by atoms with Crippen molar-refractivity contribution in [1.29, 1.82) is 0 Å². The first kappa shape index (κ1) is 17.4. The van der Waals surface area contributed by atoms with Crippen LogP contribution in [0, 0.1) is 0 Å². The Bertz CT molecular complexity index is 232. The third-order valence-electron chi connectivity index (χ3n) is 2.82. The summed E-state index contributed by atoms with van der Waals surface area (Å²) in [6.45, 7) is 1.54. The lowest BCUT2D eigenvalue weighted by atomic mass is 10.1. The SMILES string of the molecule is CCCCCCCCCC=CC=CC(O)(O)CO. The summed E-state index contributed by atoms with van der Waals surface area (Å²) in [4.78, 5) is 0. The summed E-state index contributed by atoms with van der Waals surface area (Å²) >= 11 is 0. The second-order valence-corrected chi connectivity index (χ2v) is 4.73. The molecule has 0 bridgehead atoms. The molecule has 106 valence electrons. The lowest BCUT2D eigenvalue weighted by Gasteiger charge is -2.11. The number of rotatable bonds is 11. The van der Waals surface area contributed by atoms with Crippen LogP contribution in [0.25, 0.3) is 0 Å². The molecule has 0 unspecified atom stereocenters. The van der Waals surface area contributed by atoms with E-state index in [1.165, 1.54) is 51.0 Å². The van der Waals surface area contributed by atoms with Gasteiger partial charge in [0.25, 0.3) is 0 Å². The van der Waals surface area contributed by atoms with Crippen LogP contribution in [0.3, 0.4) is 0 Å². The zero-order valence-corrected chi connectivity index (χ0v) is 11.5. The minimum atomic E-state index is -2.09. The van der Waals surface area contributed by atoms with Gasteiger partial charge in [-0.05, 0) is 18.9 Å². The van der Waals surface area contributed by atoms with Crippen molar-refractivity contribution in [3.63, 3.8) is 0 Å². The Morgan fingerprint density at radius 1 is 0.889 bits per heavy atom. The van der Waals surface area contributed by atoms with Crippen LogP contribution >= 0.6 is 0 Å². The molecular formula is C15H28O3. The maximum atomic E-state index is 9.05. The van der Waals surface area contributed by atoms with Gasteiger partial charge in [-0.15, -0.1) is 0 Å². The molecule has 3 heteroatoms. The van der Waals surface area contributed by atoms with Crippen molar-refractivity contribution in [3.8, 4) is 0 Å². The van der Waals surface area contributed by atoms with Crippen molar-refractivity contribution in [1.82, 2.24) is 0 Å². The van der Waals surface area contributed by atoms with Crippen molar-refractivity contribution >= 4 is 0 Å². The molecule has 3 N–H and O–H groups in total. The van der Waals surface area contributed by atoms with Gasteiger partial charge < -0.3 is 15.3 Å². The molecule has 0 aliphatic carbocycles. The lowest BCUT2D eigenvalue weighted by Crippen LogP contribution is -2.29. The van der Waals surface area contributed by atoms with Crippen LogP contribution in [0.5, 0.6) is 0 Å². The highest BCUT2D eigenvalue weighted by molar-refractivity contribution is 5.06. The Morgan fingerprint density at radius 3 is 2.11 bits per heavy atom. The fraction of sp³-hybridized carbons (Fsp3) is 0.733. The fourth-order valence-electron chi connectivity index (χ4n) is 1.66. The Hall–Kier alpha value is -0.640. The van der Waals surface area contributed by atoms with Crippen LogP contribution in [-0.4, -0.2) is 27.7 Å². The van der Waals surface area contributed by atoms with Gasteiger partial charge in [-0.1, -0.05) is 63.7 Å². The van der Waals surface area contributed by atoms with Crippen LogP contribution < -0.4 is 0 Å². The van der Waals surface area contributed by atoms with Gasteiger partial charge in [-0.3, -0.25) is 0 Å². The molecule has 0 atom stereocenters. The van der Waals surface area contributed by atoms with E-state index in [1.807, 2.05) is 6.08 Å². The van der Waals surface area contributed by atoms with Gasteiger partial charge in [0, 0.05) is 0 Å². The topological polar surface area (TPSA) is 60.7 Å². The predicted molar refractivity (Wildman–Crippen MR) is 75.1 cm³/mol. The van der Waals surface area contributed by atoms with Gasteiger partial charge in [-0.2, -0.15) is 0 Å². The smallest absolute Gasteiger partial charge is 0.207 e. The standard InChI is InChI=1S/C15H28O3/c1-2-3-4-5-6-7-8-9-10-11-12-13-15(17,18)14-16/h10-13,16-18H,2-9,14H2,1H3. The van der Waals surface area contributed by atoms with E-state index in [1.54, 1.807) is 12.2 Å². The first-order chi connectivity index (χ1) is 8.62. The molecule has 0 aromatic rings. The summed E-state index contributed by atoms with van der Waals surface area (Å²) in [5.74, 6) is -2.09. The summed E-state index contributed by atoms with van der Waals surface area (Å²) < 4.78 is 0. The largest absolute Gasteiger partial charge is 0.390 e. The quantitative estimate of drug-likeness (QED) is 0.302. The molecule has 0 aromatic carbocycles. The molecular weight excluding hydrogens is 228 g/mol. The van der Waals surface area contributed by atoms with Crippen molar-refractivity contribution in [3.05, 3.63) is 24.3 Å². The van der Waals surface area contributed by atoms with Gasteiger partial charge in [-0.25, -0.2) is 0 Å². The zero-order chi connectivity index (χ0) is 13.7. The van der Waals surface area contributed by atoms with Crippen LogP contribution in [0.4, 0.5) is 0 Å². The number of aliphatic hydroxyl groups excluding tert-OH is 1. The molecule has 0 saturated heterocycles. The van der Waals surface area contributed by atoms with E-state index in [9.17, 15) is 0 Å². The van der Waals surface area contributed by atoms with E-state index < -0.39 is 12.4 Å². The summed E-state index contributed by atoms with van der Waals surface area (Å²) in [5.41, 5.74) is 0. The minimum Gasteiger partial charge on any atom is -0.390 e. The molecule has 0 spiro atoms. The van der Waals surface area contributed by atoms with Gasteiger partial charge >= 0.3 is 0 Å². The molecule has 0 saturated carbocycles. The molecule has 0 rings (SSSR count). The monoisotopic (exact) mass is 256 g/mol. The number of hydrogen-bond acceptors (Lipinski definition) is 3. The molecule has 18 heavy (non-hydrogen) atoms. The number of unbranched alkanes of at least 4 members (excludes halogenated alkanes) is 7. The highest BCUT2D eigenvalue weighted by Crippen LogP contribution is 2.08. The maximum absolute atomic E-state index is 9.05. The summed E-state index contributed by atoms with van der Waals surface area (Å²) in [7, 11) is 0. The number of aliphatic hydroxyl groups is 3. The highest BCUT2D eigenvalue weighted by Gasteiger charge is 2.15.